The van der Waals surface area contributed by atoms with Gasteiger partial charge in [0.1, 0.15) is 12.0 Å². The van der Waals surface area contributed by atoms with E-state index in [0.717, 1.165) is 0 Å². The van der Waals surface area contributed by atoms with Gasteiger partial charge >= 0.3 is 0 Å². The van der Waals surface area contributed by atoms with Crippen molar-refractivity contribution >= 4 is 11.7 Å². The summed E-state index contributed by atoms with van der Waals surface area (Å²) < 4.78 is 8.54. The Bertz CT molecular complexity index is 824. The Hall–Kier alpha value is -2.81. The van der Waals surface area contributed by atoms with Crippen molar-refractivity contribution < 1.29 is 9.53 Å². The summed E-state index contributed by atoms with van der Waals surface area (Å²) in [5, 5.41) is 10.7. The Balaban J connectivity index is 1.74. The third-order valence-electron chi connectivity index (χ3n) is 3.43. The molecule has 0 aromatic carbocycles. The monoisotopic (exact) mass is 315 g/mol. The molecule has 3 aromatic rings. The summed E-state index contributed by atoms with van der Waals surface area (Å²) in [6.45, 7) is 3.24. The lowest BCUT2D eigenvalue weighted by molar-refractivity contribution is 0.0942. The van der Waals surface area contributed by atoms with Gasteiger partial charge in [-0.25, -0.2) is 9.97 Å². The van der Waals surface area contributed by atoms with E-state index in [-0.39, 0.29) is 12.5 Å². The molecule has 3 aromatic heterocycles. The number of hydrogen-bond donors (Lipinski definition) is 1. The maximum atomic E-state index is 12.5. The van der Waals surface area contributed by atoms with Crippen molar-refractivity contribution in [2.24, 2.45) is 0 Å². The van der Waals surface area contributed by atoms with Crippen LogP contribution >= 0.6 is 0 Å². The van der Waals surface area contributed by atoms with Gasteiger partial charge in [-0.3, -0.25) is 9.20 Å². The lowest BCUT2D eigenvalue weighted by atomic mass is 10.3. The molecule has 0 bridgehead atoms. The Morgan fingerprint density at radius 2 is 2.30 bits per heavy atom. The van der Waals surface area contributed by atoms with Crippen molar-refractivity contribution in [3.8, 4) is 0 Å². The first-order chi connectivity index (χ1) is 11.2. The average molecular weight is 315 g/mol. The number of imidazole rings is 1. The van der Waals surface area contributed by atoms with Crippen LogP contribution in [0, 0.1) is 6.92 Å². The highest BCUT2D eigenvalue weighted by atomic mass is 16.5. The van der Waals surface area contributed by atoms with Crippen molar-refractivity contribution in [2.45, 2.75) is 20.0 Å². The van der Waals surface area contributed by atoms with Gasteiger partial charge in [0.2, 0.25) is 5.78 Å². The Morgan fingerprint density at radius 3 is 3.13 bits per heavy atom. The molecule has 0 spiro atoms. The first kappa shape index (κ1) is 15.1. The van der Waals surface area contributed by atoms with E-state index in [1.807, 2.05) is 4.57 Å². The molecule has 0 aliphatic heterocycles. The molecule has 1 amide bonds. The van der Waals surface area contributed by atoms with Gasteiger partial charge in [0.25, 0.3) is 5.91 Å². The molecule has 0 saturated carbocycles. The summed E-state index contributed by atoms with van der Waals surface area (Å²) in [5.41, 5.74) is 1.10. The van der Waals surface area contributed by atoms with Crippen molar-refractivity contribution in [2.75, 3.05) is 13.7 Å². The maximum absolute atomic E-state index is 12.5. The number of ether oxygens (including phenoxy) is 1. The average Bonchev–Trinajstić information content (AvgIpc) is 3.13. The number of hydrogen-bond acceptors (Lipinski definition) is 6. The van der Waals surface area contributed by atoms with Crippen LogP contribution in [0.4, 0.5) is 0 Å². The molecule has 0 unspecified atom stereocenters. The van der Waals surface area contributed by atoms with E-state index in [0.29, 0.717) is 36.1 Å². The number of nitrogens with one attached hydrogen (secondary N) is 1. The second-order valence-corrected chi connectivity index (χ2v) is 4.95. The standard InChI is InChI=1S/C14H17N7O2/c1-10-12(21-5-3-4-15-14(21)18-10)13(22)16-8-11-19-17-9-20(11)6-7-23-2/h3-5,9H,6-8H2,1-2H3,(H,16,22). The quantitative estimate of drug-likeness (QED) is 0.698. The van der Waals surface area contributed by atoms with Crippen LogP contribution in [0.25, 0.3) is 5.78 Å². The van der Waals surface area contributed by atoms with Gasteiger partial charge in [-0.1, -0.05) is 0 Å². The second kappa shape index (κ2) is 6.53. The van der Waals surface area contributed by atoms with Gasteiger partial charge in [-0.05, 0) is 13.0 Å². The first-order valence-corrected chi connectivity index (χ1v) is 7.14. The molecule has 3 rings (SSSR count). The zero-order chi connectivity index (χ0) is 16.2. The first-order valence-electron chi connectivity index (χ1n) is 7.14. The van der Waals surface area contributed by atoms with Gasteiger partial charge < -0.3 is 14.6 Å². The second-order valence-electron chi connectivity index (χ2n) is 4.95. The van der Waals surface area contributed by atoms with Crippen LogP contribution in [0.15, 0.2) is 24.8 Å². The minimum absolute atomic E-state index is 0.232. The largest absolute Gasteiger partial charge is 0.383 e. The van der Waals surface area contributed by atoms with Crippen LogP contribution in [0.2, 0.25) is 0 Å². The topological polar surface area (TPSA) is 99.2 Å². The number of aromatic nitrogens is 6. The van der Waals surface area contributed by atoms with E-state index < -0.39 is 0 Å². The molecule has 0 atom stereocenters. The van der Waals surface area contributed by atoms with Gasteiger partial charge in [0.15, 0.2) is 5.82 Å². The van der Waals surface area contributed by atoms with Crippen LogP contribution < -0.4 is 5.32 Å². The molecule has 23 heavy (non-hydrogen) atoms. The number of carbonyl (C=O) groups is 1. The van der Waals surface area contributed by atoms with Gasteiger partial charge in [0.05, 0.1) is 18.8 Å². The third kappa shape index (κ3) is 3.04. The molecule has 1 N–H and O–H groups in total. The van der Waals surface area contributed by atoms with E-state index in [1.54, 1.807) is 43.2 Å². The summed E-state index contributed by atoms with van der Waals surface area (Å²) in [6, 6.07) is 1.76. The lowest BCUT2D eigenvalue weighted by Crippen LogP contribution is -2.26. The number of amides is 1. The minimum Gasteiger partial charge on any atom is -0.383 e. The Kier molecular flexibility index (Phi) is 4.29. The highest BCUT2D eigenvalue weighted by molar-refractivity contribution is 5.94. The number of methoxy groups -OCH3 is 1. The molecule has 9 nitrogen and oxygen atoms in total. The van der Waals surface area contributed by atoms with Crippen LogP contribution in [0.5, 0.6) is 0 Å². The lowest BCUT2D eigenvalue weighted by Gasteiger charge is -2.07. The van der Waals surface area contributed by atoms with Gasteiger partial charge in [-0.2, -0.15) is 0 Å². The molecule has 0 aliphatic carbocycles. The van der Waals surface area contributed by atoms with Gasteiger partial charge in [-0.15, -0.1) is 10.2 Å². The smallest absolute Gasteiger partial charge is 0.270 e. The highest BCUT2D eigenvalue weighted by Crippen LogP contribution is 2.10. The number of aryl methyl sites for hydroxylation is 1. The van der Waals surface area contributed by atoms with E-state index in [1.165, 1.54) is 0 Å². The molecule has 9 heteroatoms. The SMILES string of the molecule is COCCn1cnnc1CNC(=O)c1c(C)nc2ncccn12. The van der Waals surface area contributed by atoms with Crippen molar-refractivity contribution in [1.82, 2.24) is 34.4 Å². The normalized spacial score (nSPS) is 11.0. The van der Waals surface area contributed by atoms with Crippen molar-refractivity contribution in [1.29, 1.82) is 0 Å². The predicted octanol–water partition coefficient (Wildman–Crippen LogP) is 0.206. The molecule has 0 fully saturated rings. The zero-order valence-electron chi connectivity index (χ0n) is 12.9. The summed E-state index contributed by atoms with van der Waals surface area (Å²) in [4.78, 5) is 20.9. The predicted molar refractivity (Wildman–Crippen MR) is 80.8 cm³/mol. The molecule has 3 heterocycles. The maximum Gasteiger partial charge on any atom is 0.270 e. The van der Waals surface area contributed by atoms with Crippen molar-refractivity contribution in [3.05, 3.63) is 42.0 Å². The van der Waals surface area contributed by atoms with Crippen LogP contribution in [0.1, 0.15) is 22.0 Å². The number of fused-ring (bicyclic) bond motifs is 1. The zero-order valence-corrected chi connectivity index (χ0v) is 12.9. The summed E-state index contributed by atoms with van der Waals surface area (Å²) >= 11 is 0. The molecule has 0 aliphatic rings. The summed E-state index contributed by atoms with van der Waals surface area (Å²) in [6.07, 6.45) is 5.02. The van der Waals surface area contributed by atoms with Gasteiger partial charge in [0, 0.05) is 26.0 Å². The third-order valence-corrected chi connectivity index (χ3v) is 3.43. The minimum atomic E-state index is -0.232. The van der Waals surface area contributed by atoms with Crippen LogP contribution in [0.3, 0.4) is 0 Å². The number of rotatable bonds is 6. The summed E-state index contributed by atoms with van der Waals surface area (Å²) in [7, 11) is 1.63. The number of nitrogens with zero attached hydrogens (tertiary/aromatic N) is 6. The highest BCUT2D eigenvalue weighted by Gasteiger charge is 2.17. The molecular formula is C14H17N7O2. The molecule has 120 valence electrons. The Labute approximate surface area is 132 Å². The fraction of sp³-hybridized carbons (Fsp3) is 0.357. The Morgan fingerprint density at radius 1 is 1.43 bits per heavy atom. The van der Waals surface area contributed by atoms with E-state index in [9.17, 15) is 4.79 Å². The fourth-order valence-corrected chi connectivity index (χ4v) is 2.31. The van der Waals surface area contributed by atoms with E-state index in [2.05, 4.69) is 25.5 Å². The van der Waals surface area contributed by atoms with E-state index in [4.69, 9.17) is 4.74 Å². The van der Waals surface area contributed by atoms with E-state index >= 15 is 0 Å². The van der Waals surface area contributed by atoms with Crippen LogP contribution in [-0.2, 0) is 17.8 Å². The molecular weight excluding hydrogens is 298 g/mol. The number of carbonyl (C=O) groups excluding carboxylic acids is 1. The summed E-state index contributed by atoms with van der Waals surface area (Å²) in [5.74, 6) is 0.933. The fourth-order valence-electron chi connectivity index (χ4n) is 2.31. The van der Waals surface area contributed by atoms with Crippen LogP contribution in [-0.4, -0.2) is 48.8 Å². The van der Waals surface area contributed by atoms with Crippen molar-refractivity contribution in [3.63, 3.8) is 0 Å². The molecule has 0 saturated heterocycles. The molecule has 0 radical (unpaired) electrons.